The van der Waals surface area contributed by atoms with Gasteiger partial charge < -0.3 is 11.1 Å². The third-order valence-electron chi connectivity index (χ3n) is 2.88. The van der Waals surface area contributed by atoms with Gasteiger partial charge in [-0.2, -0.15) is 0 Å². The first-order valence-electron chi connectivity index (χ1n) is 6.08. The first kappa shape index (κ1) is 13.6. The zero-order chi connectivity index (χ0) is 13.7. The first-order chi connectivity index (χ1) is 9.16. The molecule has 0 saturated carbocycles. The molecule has 98 valence electrons. The van der Waals surface area contributed by atoms with Crippen LogP contribution in [0.1, 0.15) is 11.1 Å². The molecule has 0 aromatic heterocycles. The lowest BCUT2D eigenvalue weighted by Crippen LogP contribution is -2.11. The Balaban J connectivity index is 1.89. The highest BCUT2D eigenvalue weighted by atomic mass is 79.9. The Bertz CT molecular complexity index is 564. The number of nitrogen functional groups attached to an aromatic ring is 1. The Kier molecular flexibility index (Phi) is 4.58. The summed E-state index contributed by atoms with van der Waals surface area (Å²) in [4.78, 5) is 0. The molecule has 2 rings (SSSR count). The summed E-state index contributed by atoms with van der Waals surface area (Å²) in [6.07, 6.45) is 0.954. The van der Waals surface area contributed by atoms with Crippen LogP contribution >= 0.6 is 15.9 Å². The predicted molar refractivity (Wildman–Crippen MR) is 83.8 cm³/mol. The largest absolute Gasteiger partial charge is 0.385 e. The van der Waals surface area contributed by atoms with E-state index in [-0.39, 0.29) is 5.84 Å². The number of nitrogens with two attached hydrogens (primary N) is 1. The SMILES string of the molecule is N=C(N)c1ccc(NCCc2ccccc2Br)cc1. The van der Waals surface area contributed by atoms with Crippen molar-refractivity contribution in [3.8, 4) is 0 Å². The van der Waals surface area contributed by atoms with E-state index in [1.807, 2.05) is 36.4 Å². The smallest absolute Gasteiger partial charge is 0.122 e. The Labute approximate surface area is 121 Å². The molecule has 0 radical (unpaired) electrons. The maximum atomic E-state index is 7.33. The summed E-state index contributed by atoms with van der Waals surface area (Å²) < 4.78 is 1.14. The summed E-state index contributed by atoms with van der Waals surface area (Å²) in [6, 6.07) is 15.8. The molecule has 0 spiro atoms. The van der Waals surface area contributed by atoms with Gasteiger partial charge >= 0.3 is 0 Å². The van der Waals surface area contributed by atoms with Crippen molar-refractivity contribution in [3.63, 3.8) is 0 Å². The topological polar surface area (TPSA) is 61.9 Å². The van der Waals surface area contributed by atoms with Crippen molar-refractivity contribution in [2.75, 3.05) is 11.9 Å². The van der Waals surface area contributed by atoms with Gasteiger partial charge in [0, 0.05) is 22.3 Å². The standard InChI is InChI=1S/C15H16BrN3/c16-14-4-2-1-3-11(14)9-10-19-13-7-5-12(6-8-13)15(17)18/h1-8,19H,9-10H2,(H3,17,18). The van der Waals surface area contributed by atoms with E-state index in [4.69, 9.17) is 11.1 Å². The summed E-state index contributed by atoms with van der Waals surface area (Å²) in [5.41, 5.74) is 8.49. The fraction of sp³-hybridized carbons (Fsp3) is 0.133. The van der Waals surface area contributed by atoms with E-state index in [0.29, 0.717) is 0 Å². The number of nitrogens with one attached hydrogen (secondary N) is 2. The minimum absolute atomic E-state index is 0.0970. The molecule has 0 aliphatic heterocycles. The number of anilines is 1. The van der Waals surface area contributed by atoms with E-state index in [0.717, 1.165) is 28.7 Å². The molecule has 0 fully saturated rings. The molecule has 4 heteroatoms. The molecular weight excluding hydrogens is 302 g/mol. The molecule has 4 N–H and O–H groups in total. The van der Waals surface area contributed by atoms with Gasteiger partial charge in [0.1, 0.15) is 5.84 Å². The molecule has 0 unspecified atom stereocenters. The Morgan fingerprint density at radius 1 is 1.11 bits per heavy atom. The van der Waals surface area contributed by atoms with Crippen molar-refractivity contribution in [3.05, 3.63) is 64.1 Å². The predicted octanol–water partition coefficient (Wildman–Crippen LogP) is 3.39. The highest BCUT2D eigenvalue weighted by molar-refractivity contribution is 9.10. The number of hydrogen-bond acceptors (Lipinski definition) is 2. The molecule has 3 nitrogen and oxygen atoms in total. The van der Waals surface area contributed by atoms with Gasteiger partial charge in [-0.15, -0.1) is 0 Å². The molecule has 0 aliphatic carbocycles. The van der Waals surface area contributed by atoms with Crippen molar-refractivity contribution in [1.29, 1.82) is 5.41 Å². The fourth-order valence-electron chi connectivity index (χ4n) is 1.81. The average molecular weight is 318 g/mol. The fourth-order valence-corrected chi connectivity index (χ4v) is 2.29. The number of hydrogen-bond donors (Lipinski definition) is 3. The summed E-state index contributed by atoms with van der Waals surface area (Å²) >= 11 is 3.54. The zero-order valence-corrected chi connectivity index (χ0v) is 12.1. The van der Waals surface area contributed by atoms with Crippen molar-refractivity contribution in [2.45, 2.75) is 6.42 Å². The van der Waals surface area contributed by atoms with E-state index >= 15 is 0 Å². The monoisotopic (exact) mass is 317 g/mol. The summed E-state index contributed by atoms with van der Waals surface area (Å²) in [7, 11) is 0. The van der Waals surface area contributed by atoms with Crippen LogP contribution in [-0.4, -0.2) is 12.4 Å². The van der Waals surface area contributed by atoms with Crippen LogP contribution in [0.2, 0.25) is 0 Å². The van der Waals surface area contributed by atoms with Gasteiger partial charge in [-0.25, -0.2) is 0 Å². The molecule has 0 heterocycles. The van der Waals surface area contributed by atoms with Gasteiger partial charge in [-0.1, -0.05) is 34.1 Å². The van der Waals surface area contributed by atoms with Crippen molar-refractivity contribution in [1.82, 2.24) is 0 Å². The van der Waals surface area contributed by atoms with Crippen LogP contribution in [0.5, 0.6) is 0 Å². The van der Waals surface area contributed by atoms with Crippen LogP contribution in [0.15, 0.2) is 53.0 Å². The van der Waals surface area contributed by atoms with Crippen LogP contribution in [-0.2, 0) is 6.42 Å². The first-order valence-corrected chi connectivity index (χ1v) is 6.88. The van der Waals surface area contributed by atoms with E-state index < -0.39 is 0 Å². The van der Waals surface area contributed by atoms with E-state index in [1.54, 1.807) is 0 Å². The van der Waals surface area contributed by atoms with E-state index in [9.17, 15) is 0 Å². The van der Waals surface area contributed by atoms with Crippen molar-refractivity contribution < 1.29 is 0 Å². The average Bonchev–Trinajstić information content (AvgIpc) is 2.41. The van der Waals surface area contributed by atoms with Gasteiger partial charge in [0.25, 0.3) is 0 Å². The minimum atomic E-state index is 0.0970. The maximum absolute atomic E-state index is 7.33. The number of amidine groups is 1. The second kappa shape index (κ2) is 6.38. The van der Waals surface area contributed by atoms with Crippen molar-refractivity contribution in [2.24, 2.45) is 5.73 Å². The van der Waals surface area contributed by atoms with E-state index in [1.165, 1.54) is 5.56 Å². The van der Waals surface area contributed by atoms with Gasteiger partial charge in [-0.3, -0.25) is 5.41 Å². The lowest BCUT2D eigenvalue weighted by molar-refractivity contribution is 1.01. The molecule has 0 saturated heterocycles. The number of halogens is 1. The minimum Gasteiger partial charge on any atom is -0.385 e. The summed E-state index contributed by atoms with van der Waals surface area (Å²) in [6.45, 7) is 0.863. The number of rotatable bonds is 5. The van der Waals surface area contributed by atoms with Crippen LogP contribution in [0.3, 0.4) is 0 Å². The second-order valence-electron chi connectivity index (χ2n) is 4.26. The normalized spacial score (nSPS) is 10.2. The highest BCUT2D eigenvalue weighted by Gasteiger charge is 1.99. The maximum Gasteiger partial charge on any atom is 0.122 e. The quantitative estimate of drug-likeness (QED) is 0.584. The molecule has 2 aromatic carbocycles. The second-order valence-corrected chi connectivity index (χ2v) is 5.11. The molecule has 0 amide bonds. The molecule has 19 heavy (non-hydrogen) atoms. The summed E-state index contributed by atoms with van der Waals surface area (Å²) in [5, 5.41) is 10.7. The zero-order valence-electron chi connectivity index (χ0n) is 10.5. The summed E-state index contributed by atoms with van der Waals surface area (Å²) in [5.74, 6) is 0.0970. The molecule has 0 bridgehead atoms. The van der Waals surface area contributed by atoms with Crippen LogP contribution in [0, 0.1) is 5.41 Å². The van der Waals surface area contributed by atoms with Crippen molar-refractivity contribution >= 4 is 27.5 Å². The Hall–Kier alpha value is -1.81. The molecule has 0 aliphatic rings. The van der Waals surface area contributed by atoms with Gasteiger partial charge in [0.2, 0.25) is 0 Å². The third-order valence-corrected chi connectivity index (χ3v) is 3.65. The number of benzene rings is 2. The lowest BCUT2D eigenvalue weighted by Gasteiger charge is -2.08. The molecular formula is C15H16BrN3. The van der Waals surface area contributed by atoms with Gasteiger partial charge in [0.05, 0.1) is 0 Å². The lowest BCUT2D eigenvalue weighted by atomic mass is 10.1. The highest BCUT2D eigenvalue weighted by Crippen LogP contribution is 2.16. The third kappa shape index (κ3) is 3.83. The van der Waals surface area contributed by atoms with Crippen LogP contribution in [0.4, 0.5) is 5.69 Å². The Morgan fingerprint density at radius 3 is 2.42 bits per heavy atom. The van der Waals surface area contributed by atoms with Crippen LogP contribution in [0.25, 0.3) is 0 Å². The van der Waals surface area contributed by atoms with E-state index in [2.05, 4.69) is 33.4 Å². The van der Waals surface area contributed by atoms with Gasteiger partial charge in [0.15, 0.2) is 0 Å². The molecule has 2 aromatic rings. The van der Waals surface area contributed by atoms with Gasteiger partial charge in [-0.05, 0) is 42.3 Å². The van der Waals surface area contributed by atoms with Crippen LogP contribution < -0.4 is 11.1 Å². The molecule has 0 atom stereocenters. The Morgan fingerprint density at radius 2 is 1.79 bits per heavy atom.